The molecule has 0 aliphatic carbocycles. The van der Waals surface area contributed by atoms with Crippen molar-refractivity contribution in [3.8, 4) is 11.4 Å². The SMILES string of the molecule is CCS(=O)(=O)c1ccccc1-c1nc2cc(SC)cnc2n1C. The van der Waals surface area contributed by atoms with E-state index < -0.39 is 9.84 Å². The average molecular weight is 347 g/mol. The lowest BCUT2D eigenvalue weighted by atomic mass is 10.2. The first-order chi connectivity index (χ1) is 11.0. The highest BCUT2D eigenvalue weighted by atomic mass is 32.2. The second-order valence-corrected chi connectivity index (χ2v) is 8.24. The summed E-state index contributed by atoms with van der Waals surface area (Å²) in [5.74, 6) is 0.668. The molecule has 0 bridgehead atoms. The van der Waals surface area contributed by atoms with E-state index in [0.717, 1.165) is 16.1 Å². The summed E-state index contributed by atoms with van der Waals surface area (Å²) in [7, 11) is -1.47. The number of hydrogen-bond donors (Lipinski definition) is 0. The summed E-state index contributed by atoms with van der Waals surface area (Å²) in [6.45, 7) is 1.65. The quantitative estimate of drug-likeness (QED) is 0.678. The van der Waals surface area contributed by atoms with E-state index >= 15 is 0 Å². The van der Waals surface area contributed by atoms with Gasteiger partial charge in [0.05, 0.1) is 10.6 Å². The second-order valence-electron chi connectivity index (χ2n) is 5.11. The molecule has 0 radical (unpaired) electrons. The normalized spacial score (nSPS) is 12.0. The molecule has 3 rings (SSSR count). The maximum atomic E-state index is 12.4. The van der Waals surface area contributed by atoms with E-state index in [-0.39, 0.29) is 5.75 Å². The van der Waals surface area contributed by atoms with Crippen molar-refractivity contribution in [2.75, 3.05) is 12.0 Å². The van der Waals surface area contributed by atoms with Crippen LogP contribution in [0, 0.1) is 0 Å². The molecule has 2 aromatic heterocycles. The minimum absolute atomic E-state index is 0.0584. The lowest BCUT2D eigenvalue weighted by Crippen LogP contribution is -2.07. The Morgan fingerprint density at radius 3 is 2.70 bits per heavy atom. The molecule has 2 heterocycles. The van der Waals surface area contributed by atoms with Gasteiger partial charge in [-0.05, 0) is 24.5 Å². The fourth-order valence-corrected chi connectivity index (χ4v) is 3.97. The number of benzene rings is 1. The van der Waals surface area contributed by atoms with Crippen molar-refractivity contribution in [3.63, 3.8) is 0 Å². The Morgan fingerprint density at radius 1 is 1.26 bits per heavy atom. The third-order valence-electron chi connectivity index (χ3n) is 3.76. The van der Waals surface area contributed by atoms with E-state index in [9.17, 15) is 8.42 Å². The van der Waals surface area contributed by atoms with Crippen molar-refractivity contribution < 1.29 is 8.42 Å². The molecule has 0 saturated heterocycles. The van der Waals surface area contributed by atoms with Crippen molar-refractivity contribution in [1.82, 2.24) is 14.5 Å². The van der Waals surface area contributed by atoms with Crippen molar-refractivity contribution in [2.24, 2.45) is 7.05 Å². The van der Waals surface area contributed by atoms with Crippen LogP contribution in [0.25, 0.3) is 22.6 Å². The highest BCUT2D eigenvalue weighted by molar-refractivity contribution is 7.98. The molecule has 0 atom stereocenters. The number of imidazole rings is 1. The molecule has 0 unspecified atom stereocenters. The van der Waals surface area contributed by atoms with Gasteiger partial charge >= 0.3 is 0 Å². The zero-order chi connectivity index (χ0) is 16.6. The molecule has 0 saturated carbocycles. The van der Waals surface area contributed by atoms with Gasteiger partial charge in [0.1, 0.15) is 11.3 Å². The van der Waals surface area contributed by atoms with Gasteiger partial charge in [-0.2, -0.15) is 0 Å². The van der Waals surface area contributed by atoms with Crippen molar-refractivity contribution >= 4 is 32.8 Å². The largest absolute Gasteiger partial charge is 0.312 e. The van der Waals surface area contributed by atoms with Gasteiger partial charge in [-0.25, -0.2) is 18.4 Å². The smallest absolute Gasteiger partial charge is 0.178 e. The van der Waals surface area contributed by atoms with Gasteiger partial charge in [-0.3, -0.25) is 0 Å². The predicted molar refractivity (Wildman–Crippen MR) is 93.5 cm³/mol. The number of pyridine rings is 1. The molecule has 0 fully saturated rings. The molecule has 120 valence electrons. The highest BCUT2D eigenvalue weighted by Gasteiger charge is 2.21. The van der Waals surface area contributed by atoms with Crippen LogP contribution in [0.15, 0.2) is 46.3 Å². The fraction of sp³-hybridized carbons (Fsp3) is 0.250. The molecular formula is C16H17N3O2S2. The summed E-state index contributed by atoms with van der Waals surface area (Å²) in [4.78, 5) is 10.4. The van der Waals surface area contributed by atoms with Crippen molar-refractivity contribution in [2.45, 2.75) is 16.7 Å². The van der Waals surface area contributed by atoms with E-state index in [0.29, 0.717) is 16.3 Å². The van der Waals surface area contributed by atoms with Crippen LogP contribution in [0.2, 0.25) is 0 Å². The summed E-state index contributed by atoms with van der Waals surface area (Å²) in [5, 5.41) is 0. The maximum absolute atomic E-state index is 12.4. The van der Waals surface area contributed by atoms with E-state index in [4.69, 9.17) is 0 Å². The number of aryl methyl sites for hydroxylation is 1. The summed E-state index contributed by atoms with van der Waals surface area (Å²) >= 11 is 1.60. The van der Waals surface area contributed by atoms with Gasteiger partial charge in [-0.15, -0.1) is 11.8 Å². The maximum Gasteiger partial charge on any atom is 0.178 e. The first kappa shape index (κ1) is 16.0. The van der Waals surface area contributed by atoms with Gasteiger partial charge in [0.2, 0.25) is 0 Å². The van der Waals surface area contributed by atoms with Gasteiger partial charge in [-0.1, -0.05) is 19.1 Å². The Kier molecular flexibility index (Phi) is 4.16. The predicted octanol–water partition coefficient (Wildman–Crippen LogP) is 3.15. The second kappa shape index (κ2) is 5.98. The van der Waals surface area contributed by atoms with Gasteiger partial charge in [0.15, 0.2) is 15.5 Å². The van der Waals surface area contributed by atoms with Crippen LogP contribution >= 0.6 is 11.8 Å². The van der Waals surface area contributed by atoms with Crippen LogP contribution in [0.3, 0.4) is 0 Å². The summed E-state index contributed by atoms with van der Waals surface area (Å²) in [5.41, 5.74) is 2.11. The monoisotopic (exact) mass is 347 g/mol. The molecule has 23 heavy (non-hydrogen) atoms. The lowest BCUT2D eigenvalue weighted by Gasteiger charge is -2.09. The van der Waals surface area contributed by atoms with Crippen LogP contribution in [-0.2, 0) is 16.9 Å². The number of fused-ring (bicyclic) bond motifs is 1. The first-order valence-corrected chi connectivity index (χ1v) is 10.0. The molecule has 0 aliphatic rings. The summed E-state index contributed by atoms with van der Waals surface area (Å²) in [6.07, 6.45) is 3.78. The topological polar surface area (TPSA) is 64.8 Å². The van der Waals surface area contributed by atoms with Crippen molar-refractivity contribution in [3.05, 3.63) is 36.5 Å². The Balaban J connectivity index is 2.28. The van der Waals surface area contributed by atoms with Crippen LogP contribution in [0.4, 0.5) is 0 Å². The molecule has 7 heteroatoms. The van der Waals surface area contributed by atoms with Gasteiger partial charge in [0, 0.05) is 23.7 Å². The van der Waals surface area contributed by atoms with E-state index in [2.05, 4.69) is 9.97 Å². The van der Waals surface area contributed by atoms with Crippen LogP contribution in [0.1, 0.15) is 6.92 Å². The molecule has 0 aliphatic heterocycles. The Morgan fingerprint density at radius 2 is 2.00 bits per heavy atom. The van der Waals surface area contributed by atoms with Gasteiger partial charge in [0.25, 0.3) is 0 Å². The van der Waals surface area contributed by atoms with E-state index in [1.807, 2.05) is 30.0 Å². The van der Waals surface area contributed by atoms with Crippen LogP contribution < -0.4 is 0 Å². The van der Waals surface area contributed by atoms with Crippen molar-refractivity contribution in [1.29, 1.82) is 0 Å². The molecule has 3 aromatic rings. The number of aromatic nitrogens is 3. The Labute approximate surface area is 139 Å². The fourth-order valence-electron chi connectivity index (χ4n) is 2.49. The number of nitrogens with zero attached hydrogens (tertiary/aromatic N) is 3. The third kappa shape index (κ3) is 2.74. The standard InChI is InChI=1S/C16H17N3O2S2/c1-4-23(20,21)14-8-6-5-7-12(14)15-18-13-9-11(22-3)10-17-16(13)19(15)2/h5-10H,4H2,1-3H3. The van der Waals surface area contributed by atoms with Gasteiger partial charge < -0.3 is 4.57 Å². The molecule has 0 amide bonds. The minimum atomic E-state index is -3.32. The number of thioether (sulfide) groups is 1. The zero-order valence-electron chi connectivity index (χ0n) is 13.1. The number of hydrogen-bond acceptors (Lipinski definition) is 5. The van der Waals surface area contributed by atoms with E-state index in [1.54, 1.807) is 43.1 Å². The third-order valence-corrected chi connectivity index (χ3v) is 6.24. The number of rotatable bonds is 4. The molecule has 0 spiro atoms. The number of sulfone groups is 1. The highest BCUT2D eigenvalue weighted by Crippen LogP contribution is 2.30. The minimum Gasteiger partial charge on any atom is -0.312 e. The zero-order valence-corrected chi connectivity index (χ0v) is 14.8. The lowest BCUT2D eigenvalue weighted by molar-refractivity contribution is 0.597. The molecule has 5 nitrogen and oxygen atoms in total. The van der Waals surface area contributed by atoms with Crippen LogP contribution in [-0.4, -0.2) is 35.0 Å². The molecular weight excluding hydrogens is 330 g/mol. The van der Waals surface area contributed by atoms with Crippen LogP contribution in [0.5, 0.6) is 0 Å². The van der Waals surface area contributed by atoms with E-state index in [1.165, 1.54) is 0 Å². The molecule has 1 aromatic carbocycles. The Bertz CT molecular complexity index is 978. The Hall–Kier alpha value is -1.86. The molecule has 0 N–H and O–H groups in total. The first-order valence-electron chi connectivity index (χ1n) is 7.16. The summed E-state index contributed by atoms with van der Waals surface area (Å²) in [6, 6.07) is 8.95. The summed E-state index contributed by atoms with van der Waals surface area (Å²) < 4.78 is 26.6. The average Bonchev–Trinajstić information content (AvgIpc) is 2.91.